The lowest BCUT2D eigenvalue weighted by atomic mass is 10.3. The summed E-state index contributed by atoms with van der Waals surface area (Å²) >= 11 is 0. The zero-order chi connectivity index (χ0) is 13.7. The first-order valence-electron chi connectivity index (χ1n) is 8.15. The van der Waals surface area contributed by atoms with Gasteiger partial charge < -0.3 is 4.90 Å². The molecule has 4 nitrogen and oxygen atoms in total. The molecule has 2 heterocycles. The summed E-state index contributed by atoms with van der Waals surface area (Å²) in [7, 11) is 4.54. The second-order valence-electron chi connectivity index (χ2n) is 6.45. The molecule has 0 amide bonds. The Morgan fingerprint density at radius 3 is 2.42 bits per heavy atom. The van der Waals surface area contributed by atoms with Crippen molar-refractivity contribution in [2.75, 3.05) is 73.0 Å². The van der Waals surface area contributed by atoms with Gasteiger partial charge in [-0.2, -0.15) is 5.01 Å². The van der Waals surface area contributed by atoms with Gasteiger partial charge in [-0.3, -0.25) is 4.90 Å². The zero-order valence-electron chi connectivity index (χ0n) is 13.3. The maximum atomic E-state index is 2.70. The largest absolute Gasteiger partial charge is 0.307 e. The molecule has 2 saturated heterocycles. The van der Waals surface area contributed by atoms with Crippen LogP contribution in [-0.2, 0) is 0 Å². The molecule has 1 atom stereocenters. The Morgan fingerprint density at radius 2 is 1.79 bits per heavy atom. The van der Waals surface area contributed by atoms with Gasteiger partial charge in [0, 0.05) is 33.0 Å². The van der Waals surface area contributed by atoms with E-state index in [1.165, 1.54) is 82.8 Å². The molecule has 19 heavy (non-hydrogen) atoms. The van der Waals surface area contributed by atoms with Crippen molar-refractivity contribution in [1.29, 1.82) is 0 Å². The van der Waals surface area contributed by atoms with Gasteiger partial charge in [-0.15, -0.1) is 0 Å². The fraction of sp³-hybridized carbons (Fsp3) is 1.00. The molecular formula is C15H33N4+. The fourth-order valence-electron chi connectivity index (χ4n) is 3.63. The minimum atomic E-state index is 1.17. The van der Waals surface area contributed by atoms with Crippen LogP contribution in [0.15, 0.2) is 0 Å². The summed E-state index contributed by atoms with van der Waals surface area (Å²) in [5.41, 5.74) is 0. The van der Waals surface area contributed by atoms with Crippen LogP contribution in [0.3, 0.4) is 0 Å². The van der Waals surface area contributed by atoms with Gasteiger partial charge in [0.1, 0.15) is 6.54 Å². The van der Waals surface area contributed by atoms with E-state index in [1.54, 1.807) is 0 Å². The Kier molecular flexibility index (Phi) is 5.63. The molecule has 1 spiro atoms. The minimum absolute atomic E-state index is 1.17. The van der Waals surface area contributed by atoms with Gasteiger partial charge in [-0.05, 0) is 33.1 Å². The smallest absolute Gasteiger partial charge is 0.109 e. The number of quaternary nitrogens is 1. The molecule has 112 valence electrons. The van der Waals surface area contributed by atoms with Crippen LogP contribution >= 0.6 is 0 Å². The highest BCUT2D eigenvalue weighted by molar-refractivity contribution is 4.66. The first-order valence-corrected chi connectivity index (χ1v) is 8.15. The molecule has 2 fully saturated rings. The summed E-state index contributed by atoms with van der Waals surface area (Å²) in [6, 6.07) is 0. The predicted molar refractivity (Wildman–Crippen MR) is 81.0 cm³/mol. The van der Waals surface area contributed by atoms with Crippen molar-refractivity contribution in [2.45, 2.75) is 26.2 Å². The third kappa shape index (κ3) is 3.91. The molecule has 0 aromatic rings. The average molecular weight is 269 g/mol. The van der Waals surface area contributed by atoms with Gasteiger partial charge >= 0.3 is 0 Å². The molecule has 0 saturated carbocycles. The molecule has 0 N–H and O–H groups in total. The summed E-state index contributed by atoms with van der Waals surface area (Å²) in [6.07, 6.45) is 4.08. The molecule has 4 heteroatoms. The van der Waals surface area contributed by atoms with Crippen LogP contribution in [0.2, 0.25) is 0 Å². The van der Waals surface area contributed by atoms with Crippen LogP contribution in [0.25, 0.3) is 0 Å². The molecule has 0 aliphatic carbocycles. The Labute approximate surface area is 119 Å². The van der Waals surface area contributed by atoms with Crippen LogP contribution in [0.1, 0.15) is 26.2 Å². The van der Waals surface area contributed by atoms with Gasteiger partial charge in [-0.1, -0.05) is 6.92 Å². The topological polar surface area (TPSA) is 9.72 Å². The van der Waals surface area contributed by atoms with Crippen molar-refractivity contribution in [2.24, 2.45) is 0 Å². The van der Waals surface area contributed by atoms with Crippen molar-refractivity contribution in [3.8, 4) is 0 Å². The third-order valence-electron chi connectivity index (χ3n) is 5.22. The van der Waals surface area contributed by atoms with Gasteiger partial charge in [0.25, 0.3) is 0 Å². The third-order valence-corrected chi connectivity index (χ3v) is 5.22. The lowest BCUT2D eigenvalue weighted by molar-refractivity contribution is -1.02. The summed E-state index contributed by atoms with van der Waals surface area (Å²) < 4.78 is 1.27. The normalized spacial score (nSPS) is 30.3. The van der Waals surface area contributed by atoms with E-state index in [4.69, 9.17) is 0 Å². The van der Waals surface area contributed by atoms with Crippen LogP contribution in [0.4, 0.5) is 0 Å². The maximum absolute atomic E-state index is 2.70. The lowest BCUT2D eigenvalue weighted by Gasteiger charge is -2.38. The van der Waals surface area contributed by atoms with Crippen molar-refractivity contribution >= 4 is 0 Å². The van der Waals surface area contributed by atoms with Crippen LogP contribution in [-0.4, -0.2) is 92.4 Å². The van der Waals surface area contributed by atoms with E-state index in [0.717, 1.165) is 0 Å². The molecule has 0 radical (unpaired) electrons. The van der Waals surface area contributed by atoms with E-state index in [1.807, 2.05) is 0 Å². The Balaban J connectivity index is 1.74. The van der Waals surface area contributed by atoms with Gasteiger partial charge in [-0.25, -0.2) is 4.59 Å². The minimum Gasteiger partial charge on any atom is -0.307 e. The monoisotopic (exact) mass is 269 g/mol. The van der Waals surface area contributed by atoms with Crippen LogP contribution in [0, 0.1) is 0 Å². The van der Waals surface area contributed by atoms with Crippen molar-refractivity contribution in [3.05, 3.63) is 0 Å². The molecule has 0 bridgehead atoms. The quantitative estimate of drug-likeness (QED) is 0.692. The number of hydrogen-bond acceptors (Lipinski definition) is 3. The summed E-state index contributed by atoms with van der Waals surface area (Å²) in [4.78, 5) is 5.11. The molecule has 1 unspecified atom stereocenters. The number of nitrogens with zero attached hydrogens (tertiary/aromatic N) is 4. The van der Waals surface area contributed by atoms with Crippen molar-refractivity contribution in [3.63, 3.8) is 0 Å². The first kappa shape index (κ1) is 15.2. The fourth-order valence-corrected chi connectivity index (χ4v) is 3.63. The maximum Gasteiger partial charge on any atom is 0.109 e. The first-order chi connectivity index (χ1) is 9.16. The molecule has 2 rings (SSSR count). The molecular weight excluding hydrogens is 236 g/mol. The van der Waals surface area contributed by atoms with Gasteiger partial charge in [0.05, 0.1) is 19.6 Å². The van der Waals surface area contributed by atoms with Crippen LogP contribution in [0.5, 0.6) is 0 Å². The molecule has 0 aromatic carbocycles. The SMILES string of the molecule is CCN(C)CCCN1CCC[N+]2(CCCN2C)CC1. The Morgan fingerprint density at radius 1 is 1.05 bits per heavy atom. The molecule has 2 aliphatic rings. The standard InChI is InChI=1S/C15H33N4/c1-4-16(2)8-5-10-18-11-7-14-19(15-12-18)13-6-9-17(19)3/h4-15H2,1-3H3/q+1. The molecule has 2 aliphatic heterocycles. The Bertz CT molecular complexity index is 271. The van der Waals surface area contributed by atoms with E-state index in [0.29, 0.717) is 0 Å². The van der Waals surface area contributed by atoms with Crippen molar-refractivity contribution in [1.82, 2.24) is 14.8 Å². The number of hydrogen-bond donors (Lipinski definition) is 0. The van der Waals surface area contributed by atoms with E-state index in [-0.39, 0.29) is 0 Å². The van der Waals surface area contributed by atoms with Gasteiger partial charge in [0.15, 0.2) is 0 Å². The second-order valence-corrected chi connectivity index (χ2v) is 6.45. The highest BCUT2D eigenvalue weighted by Gasteiger charge is 2.38. The van der Waals surface area contributed by atoms with E-state index < -0.39 is 0 Å². The van der Waals surface area contributed by atoms with Gasteiger partial charge in [0.2, 0.25) is 0 Å². The van der Waals surface area contributed by atoms with E-state index in [2.05, 4.69) is 35.8 Å². The summed E-state index contributed by atoms with van der Waals surface area (Å²) in [5.74, 6) is 0. The predicted octanol–water partition coefficient (Wildman–Crippen LogP) is 1.10. The van der Waals surface area contributed by atoms with E-state index >= 15 is 0 Å². The number of rotatable bonds is 5. The van der Waals surface area contributed by atoms with Crippen molar-refractivity contribution < 1.29 is 4.59 Å². The molecule has 0 aromatic heterocycles. The Hall–Kier alpha value is -0.160. The highest BCUT2D eigenvalue weighted by atomic mass is 15.8. The zero-order valence-corrected chi connectivity index (χ0v) is 13.3. The van der Waals surface area contributed by atoms with E-state index in [9.17, 15) is 0 Å². The lowest BCUT2D eigenvalue weighted by Crippen LogP contribution is -2.56. The highest BCUT2D eigenvalue weighted by Crippen LogP contribution is 2.22. The van der Waals surface area contributed by atoms with Crippen LogP contribution < -0.4 is 0 Å². The average Bonchev–Trinajstić information content (AvgIpc) is 2.63. The second kappa shape index (κ2) is 7.02. The summed E-state index contributed by atoms with van der Waals surface area (Å²) in [5, 5.41) is 2.59. The summed E-state index contributed by atoms with van der Waals surface area (Å²) in [6.45, 7) is 13.9.